The minimum Gasteiger partial charge on any atom is -0.493 e. The summed E-state index contributed by atoms with van der Waals surface area (Å²) in [6.45, 7) is 5.45. The molecule has 13 nitrogen and oxygen atoms in total. The van der Waals surface area contributed by atoms with Crippen LogP contribution in [0.15, 0.2) is 29.1 Å². The molecule has 0 radical (unpaired) electrons. The molecule has 2 heterocycles. The van der Waals surface area contributed by atoms with Crippen molar-refractivity contribution in [3.8, 4) is 28.4 Å². The summed E-state index contributed by atoms with van der Waals surface area (Å²) in [6, 6.07) is 5.63. The maximum atomic E-state index is 13.7. The summed E-state index contributed by atoms with van der Waals surface area (Å²) >= 11 is 0. The summed E-state index contributed by atoms with van der Waals surface area (Å²) < 4.78 is 46.3. The maximum absolute atomic E-state index is 13.7. The lowest BCUT2D eigenvalue weighted by Crippen LogP contribution is -2.46. The largest absolute Gasteiger partial charge is 0.493 e. The Labute approximate surface area is 276 Å². The van der Waals surface area contributed by atoms with Crippen LogP contribution in [0.2, 0.25) is 0 Å². The van der Waals surface area contributed by atoms with Crippen molar-refractivity contribution in [2.45, 2.75) is 58.0 Å². The van der Waals surface area contributed by atoms with Crippen molar-refractivity contribution in [1.29, 1.82) is 0 Å². The normalized spacial score (nSPS) is 19.4. The van der Waals surface area contributed by atoms with E-state index in [1.807, 2.05) is 6.07 Å². The predicted molar refractivity (Wildman–Crippen MR) is 178 cm³/mol. The fraction of sp³-hybridized carbons (Fsp3) is 0.545. The monoisotopic (exact) mass is 671 g/mol. The van der Waals surface area contributed by atoms with E-state index in [0.717, 1.165) is 24.0 Å². The number of carbonyl (C=O) groups is 2. The van der Waals surface area contributed by atoms with Crippen molar-refractivity contribution < 1.29 is 32.2 Å². The number of rotatable bonds is 9. The number of amides is 2. The fourth-order valence-corrected chi connectivity index (χ4v) is 8.54. The number of hydrogen-bond acceptors (Lipinski definition) is 9. The molecule has 2 atom stereocenters. The smallest absolute Gasteiger partial charge is 0.282 e. The van der Waals surface area contributed by atoms with Crippen LogP contribution in [-0.4, -0.2) is 100 Å². The second-order valence-electron chi connectivity index (χ2n) is 12.2. The minimum absolute atomic E-state index is 0.217. The van der Waals surface area contributed by atoms with Crippen molar-refractivity contribution in [1.82, 2.24) is 18.8 Å². The molecule has 2 N–H and O–H groups in total. The number of anilines is 1. The van der Waals surface area contributed by atoms with Crippen molar-refractivity contribution in [2.24, 2.45) is 0 Å². The molecule has 2 aromatic carbocycles. The standard InChI is InChI=1S/C33H45N5O8S/c1-21(33(41)36-13-8-16-38(18-17-36)47(42,43)37-14-6-7-15-37)34-27-12-10-24-25(20-28(27)40)26(35-22(2)39)11-9-23-19-29(44-3)31(45-4)32(46-5)30(23)24/h10,12,19-21,26H,6-9,11,13-18H2,1-5H3,(H,34,40)(H,35,39)/t21-,26-/m0/s1. The third kappa shape index (κ3) is 7.04. The highest BCUT2D eigenvalue weighted by atomic mass is 32.2. The fourth-order valence-electron chi connectivity index (χ4n) is 6.82. The van der Waals surface area contributed by atoms with Crippen molar-refractivity contribution in [3.05, 3.63) is 45.6 Å². The Hall–Kier alpha value is -3.88. The predicted octanol–water partition coefficient (Wildman–Crippen LogP) is 2.54. The van der Waals surface area contributed by atoms with Crippen molar-refractivity contribution in [3.63, 3.8) is 0 Å². The average Bonchev–Trinajstić information content (AvgIpc) is 3.36. The van der Waals surface area contributed by atoms with Gasteiger partial charge in [0.2, 0.25) is 23.0 Å². The first kappa shape index (κ1) is 34.5. The van der Waals surface area contributed by atoms with Gasteiger partial charge in [-0.15, -0.1) is 0 Å². The van der Waals surface area contributed by atoms with Crippen molar-refractivity contribution >= 4 is 27.7 Å². The zero-order valence-corrected chi connectivity index (χ0v) is 28.6. The zero-order chi connectivity index (χ0) is 33.9. The van der Waals surface area contributed by atoms with Gasteiger partial charge in [-0.25, -0.2) is 0 Å². The zero-order valence-electron chi connectivity index (χ0n) is 27.8. The highest BCUT2D eigenvalue weighted by Crippen LogP contribution is 2.50. The van der Waals surface area contributed by atoms with E-state index in [0.29, 0.717) is 73.8 Å². The van der Waals surface area contributed by atoms with Crippen LogP contribution >= 0.6 is 0 Å². The quantitative estimate of drug-likeness (QED) is 0.411. The summed E-state index contributed by atoms with van der Waals surface area (Å²) in [5.41, 5.74) is 2.82. The molecule has 1 aliphatic carbocycles. The molecule has 2 aromatic rings. The lowest BCUT2D eigenvalue weighted by molar-refractivity contribution is -0.131. The maximum Gasteiger partial charge on any atom is 0.282 e. The van der Waals surface area contributed by atoms with Gasteiger partial charge in [0.15, 0.2) is 11.5 Å². The minimum atomic E-state index is -3.55. The first-order valence-corrected chi connectivity index (χ1v) is 17.5. The Morgan fingerprint density at radius 2 is 1.57 bits per heavy atom. The number of fused-ring (bicyclic) bond motifs is 3. The molecule has 2 saturated heterocycles. The summed E-state index contributed by atoms with van der Waals surface area (Å²) in [4.78, 5) is 41.3. The first-order chi connectivity index (χ1) is 22.5. The Morgan fingerprint density at radius 1 is 0.894 bits per heavy atom. The molecule has 47 heavy (non-hydrogen) atoms. The number of nitrogens with one attached hydrogen (secondary N) is 2. The van der Waals surface area contributed by atoms with Crippen LogP contribution in [0.4, 0.5) is 5.69 Å². The van der Waals surface area contributed by atoms with E-state index < -0.39 is 22.3 Å². The Morgan fingerprint density at radius 3 is 2.23 bits per heavy atom. The molecule has 0 saturated carbocycles. The van der Waals surface area contributed by atoms with E-state index >= 15 is 0 Å². The number of carbonyl (C=O) groups excluding carboxylic acids is 2. The van der Waals surface area contributed by atoms with Gasteiger partial charge in [-0.1, -0.05) is 6.07 Å². The third-order valence-electron chi connectivity index (χ3n) is 9.14. The second kappa shape index (κ2) is 14.5. The SMILES string of the molecule is COc1cc2c(c(OC)c1OC)-c1ccc(N[C@@H](C)C(=O)N3CCCN(S(=O)(=O)N4CCCC4)CC3)c(=O)cc1[C@@H](NC(C)=O)CC2. The van der Waals surface area contributed by atoms with Gasteiger partial charge in [-0.05, 0) is 73.9 Å². The van der Waals surface area contributed by atoms with Gasteiger partial charge in [0, 0.05) is 51.8 Å². The number of hydrogen-bond donors (Lipinski definition) is 2. The van der Waals surface area contributed by atoms with Crippen LogP contribution < -0.4 is 30.3 Å². The van der Waals surface area contributed by atoms with E-state index in [2.05, 4.69) is 10.6 Å². The Bertz CT molecular complexity index is 1680. The van der Waals surface area contributed by atoms with E-state index in [1.165, 1.54) is 28.7 Å². The van der Waals surface area contributed by atoms with Crippen molar-refractivity contribution in [2.75, 3.05) is 65.9 Å². The molecule has 3 aliphatic rings. The number of nitrogens with zero attached hydrogens (tertiary/aromatic N) is 3. The molecular formula is C33H45N5O8S. The summed E-state index contributed by atoms with van der Waals surface area (Å²) in [5, 5.41) is 6.11. The van der Waals surface area contributed by atoms with E-state index in [1.54, 1.807) is 38.2 Å². The highest BCUT2D eigenvalue weighted by Gasteiger charge is 2.34. The van der Waals surface area contributed by atoms with Crippen LogP contribution in [-0.2, 0) is 26.2 Å². The first-order valence-electron chi connectivity index (χ1n) is 16.1. The van der Waals surface area contributed by atoms with E-state index in [9.17, 15) is 22.8 Å². The molecule has 256 valence electrons. The summed E-state index contributed by atoms with van der Waals surface area (Å²) in [6.07, 6.45) is 3.34. The second-order valence-corrected chi connectivity index (χ2v) is 14.1. The van der Waals surface area contributed by atoms with Gasteiger partial charge >= 0.3 is 0 Å². The molecule has 5 rings (SSSR count). The molecule has 2 fully saturated rings. The van der Waals surface area contributed by atoms with E-state index in [-0.39, 0.29) is 36.0 Å². The van der Waals surface area contributed by atoms with Crippen LogP contribution in [0.5, 0.6) is 17.2 Å². The van der Waals surface area contributed by atoms with Gasteiger partial charge in [0.05, 0.1) is 33.1 Å². The average molecular weight is 672 g/mol. The van der Waals surface area contributed by atoms with Gasteiger partial charge < -0.3 is 29.7 Å². The summed E-state index contributed by atoms with van der Waals surface area (Å²) in [5.74, 6) is 0.915. The van der Waals surface area contributed by atoms with E-state index in [4.69, 9.17) is 14.2 Å². The van der Waals surface area contributed by atoms with Crippen LogP contribution in [0, 0.1) is 0 Å². The molecule has 0 spiro atoms. The number of ether oxygens (including phenoxy) is 3. The van der Waals surface area contributed by atoms with Crippen LogP contribution in [0.1, 0.15) is 56.7 Å². The van der Waals surface area contributed by atoms with Gasteiger partial charge in [-0.2, -0.15) is 17.0 Å². The lowest BCUT2D eigenvalue weighted by atomic mass is 9.95. The lowest BCUT2D eigenvalue weighted by Gasteiger charge is -2.27. The Balaban J connectivity index is 1.44. The van der Waals surface area contributed by atoms with Gasteiger partial charge in [0.25, 0.3) is 10.2 Å². The highest BCUT2D eigenvalue weighted by molar-refractivity contribution is 7.86. The molecular weight excluding hydrogens is 626 g/mol. The molecule has 2 aliphatic heterocycles. The Kier molecular flexibility index (Phi) is 10.6. The van der Waals surface area contributed by atoms with Gasteiger partial charge in [0.1, 0.15) is 6.04 Å². The van der Waals surface area contributed by atoms with Gasteiger partial charge in [-0.3, -0.25) is 14.4 Å². The molecule has 0 aromatic heterocycles. The van der Waals surface area contributed by atoms with Crippen LogP contribution in [0.25, 0.3) is 11.1 Å². The molecule has 2 amide bonds. The number of benzene rings is 1. The number of methoxy groups -OCH3 is 3. The molecule has 14 heteroatoms. The number of aryl methyl sites for hydroxylation is 1. The topological polar surface area (TPSA) is 147 Å². The molecule has 0 unspecified atom stereocenters. The third-order valence-corrected chi connectivity index (χ3v) is 11.2. The van der Waals surface area contributed by atoms with Crippen LogP contribution in [0.3, 0.4) is 0 Å². The summed E-state index contributed by atoms with van der Waals surface area (Å²) in [7, 11) is 1.07. The molecule has 0 bridgehead atoms.